The molecule has 0 saturated heterocycles. The third-order valence-electron chi connectivity index (χ3n) is 4.04. The number of rotatable bonds is 3. The van der Waals surface area contributed by atoms with Crippen LogP contribution < -0.4 is 5.73 Å². The van der Waals surface area contributed by atoms with Crippen LogP contribution in [0.4, 0.5) is 18.9 Å². The van der Waals surface area contributed by atoms with Crippen molar-refractivity contribution in [2.24, 2.45) is 0 Å². The van der Waals surface area contributed by atoms with Gasteiger partial charge in [-0.1, -0.05) is 55.1 Å². The Labute approximate surface area is 144 Å². The smallest absolute Gasteiger partial charge is 0.399 e. The fourth-order valence-electron chi connectivity index (χ4n) is 2.57. The van der Waals surface area contributed by atoms with E-state index in [1.54, 1.807) is 0 Å². The van der Waals surface area contributed by atoms with Gasteiger partial charge < -0.3 is 5.73 Å². The molecule has 0 aliphatic carbocycles. The second-order valence-corrected chi connectivity index (χ2v) is 5.75. The summed E-state index contributed by atoms with van der Waals surface area (Å²) in [6.07, 6.45) is -4.32. The van der Waals surface area contributed by atoms with Crippen molar-refractivity contribution < 1.29 is 13.2 Å². The highest BCUT2D eigenvalue weighted by Crippen LogP contribution is 2.31. The first-order chi connectivity index (χ1) is 11.8. The zero-order valence-electron chi connectivity index (χ0n) is 13.3. The molecule has 3 rings (SSSR count). The molecule has 0 radical (unpaired) electrons. The summed E-state index contributed by atoms with van der Waals surface area (Å²) in [6.45, 7) is 4.10. The first-order valence-corrected chi connectivity index (χ1v) is 7.67. The van der Waals surface area contributed by atoms with E-state index in [0.717, 1.165) is 40.0 Å². The molecular formula is C21H16F3N. The number of benzene rings is 3. The number of alkyl halides is 3. The number of nitrogens with two attached hydrogens (primary N) is 1. The number of hydrogen-bond donors (Lipinski definition) is 1. The number of halogens is 3. The minimum absolute atomic E-state index is 0.649. The van der Waals surface area contributed by atoms with Gasteiger partial charge in [-0.05, 0) is 52.1 Å². The maximum atomic E-state index is 12.6. The number of hydrogen-bond acceptors (Lipinski definition) is 1. The molecule has 2 N–H and O–H groups in total. The van der Waals surface area contributed by atoms with E-state index in [1.807, 2.05) is 48.5 Å². The van der Waals surface area contributed by atoms with Gasteiger partial charge in [0.2, 0.25) is 0 Å². The van der Waals surface area contributed by atoms with Gasteiger partial charge in [0.15, 0.2) is 0 Å². The number of nitrogen functional groups attached to an aromatic ring is 1. The van der Waals surface area contributed by atoms with E-state index in [0.29, 0.717) is 5.69 Å². The van der Waals surface area contributed by atoms with Crippen LogP contribution in [-0.4, -0.2) is 0 Å². The molecule has 0 aliphatic heterocycles. The molecule has 4 heteroatoms. The number of anilines is 1. The van der Waals surface area contributed by atoms with Gasteiger partial charge in [-0.2, -0.15) is 13.2 Å². The largest absolute Gasteiger partial charge is 0.416 e. The highest BCUT2D eigenvalue weighted by atomic mass is 19.4. The predicted molar refractivity (Wildman–Crippen MR) is 95.9 cm³/mol. The van der Waals surface area contributed by atoms with Crippen LogP contribution in [0.15, 0.2) is 79.4 Å². The molecule has 0 saturated carbocycles. The molecule has 0 fully saturated rings. The molecule has 25 heavy (non-hydrogen) atoms. The second-order valence-electron chi connectivity index (χ2n) is 5.75. The van der Waals surface area contributed by atoms with Crippen LogP contribution in [0.25, 0.3) is 16.7 Å². The van der Waals surface area contributed by atoms with Crippen LogP contribution in [-0.2, 0) is 6.18 Å². The summed E-state index contributed by atoms with van der Waals surface area (Å²) < 4.78 is 37.9. The quantitative estimate of drug-likeness (QED) is 0.581. The Balaban J connectivity index is 1.82. The molecule has 0 aromatic heterocycles. The topological polar surface area (TPSA) is 26.0 Å². The summed E-state index contributed by atoms with van der Waals surface area (Å²) in [7, 11) is 0. The molecule has 0 amide bonds. The van der Waals surface area contributed by atoms with Gasteiger partial charge >= 0.3 is 6.18 Å². The average Bonchev–Trinajstić information content (AvgIpc) is 2.61. The van der Waals surface area contributed by atoms with Crippen LogP contribution >= 0.6 is 0 Å². The maximum absolute atomic E-state index is 12.6. The lowest BCUT2D eigenvalue weighted by Crippen LogP contribution is -2.03. The lowest BCUT2D eigenvalue weighted by Gasteiger charge is -2.10. The summed E-state index contributed by atoms with van der Waals surface area (Å²) in [5, 5.41) is 0. The third kappa shape index (κ3) is 3.74. The molecule has 126 valence electrons. The van der Waals surface area contributed by atoms with E-state index in [-0.39, 0.29) is 0 Å². The second kappa shape index (κ2) is 6.48. The highest BCUT2D eigenvalue weighted by molar-refractivity contribution is 5.80. The molecule has 3 aromatic carbocycles. The first-order valence-electron chi connectivity index (χ1n) is 7.67. The molecular weight excluding hydrogens is 323 g/mol. The van der Waals surface area contributed by atoms with Gasteiger partial charge in [0.05, 0.1) is 5.56 Å². The van der Waals surface area contributed by atoms with E-state index >= 15 is 0 Å². The van der Waals surface area contributed by atoms with E-state index in [4.69, 9.17) is 5.73 Å². The molecule has 0 spiro atoms. The Kier molecular flexibility index (Phi) is 4.36. The fraction of sp³-hybridized carbons (Fsp3) is 0.0476. The van der Waals surface area contributed by atoms with Crippen molar-refractivity contribution in [3.05, 3.63) is 96.1 Å². The van der Waals surface area contributed by atoms with Crippen LogP contribution in [0.2, 0.25) is 0 Å². The Morgan fingerprint density at radius 2 is 1.08 bits per heavy atom. The Hall–Kier alpha value is -3.01. The lowest BCUT2D eigenvalue weighted by molar-refractivity contribution is -0.137. The van der Waals surface area contributed by atoms with Crippen LogP contribution in [0.3, 0.4) is 0 Å². The third-order valence-corrected chi connectivity index (χ3v) is 4.04. The van der Waals surface area contributed by atoms with Crippen LogP contribution in [0.1, 0.15) is 16.7 Å². The van der Waals surface area contributed by atoms with Crippen molar-refractivity contribution in [2.45, 2.75) is 6.18 Å². The summed E-state index contributed by atoms with van der Waals surface area (Å²) >= 11 is 0. The van der Waals surface area contributed by atoms with E-state index in [2.05, 4.69) is 6.58 Å². The fourth-order valence-corrected chi connectivity index (χ4v) is 2.57. The van der Waals surface area contributed by atoms with Gasteiger partial charge in [-0.25, -0.2) is 0 Å². The average molecular weight is 339 g/mol. The van der Waals surface area contributed by atoms with Gasteiger partial charge in [-0.3, -0.25) is 0 Å². The molecule has 3 aromatic rings. The predicted octanol–water partition coefficient (Wildman–Crippen LogP) is 6.02. The first kappa shape index (κ1) is 16.8. The zero-order valence-corrected chi connectivity index (χ0v) is 13.3. The van der Waals surface area contributed by atoms with Crippen molar-refractivity contribution in [1.29, 1.82) is 0 Å². The van der Waals surface area contributed by atoms with Crippen molar-refractivity contribution in [3.8, 4) is 11.1 Å². The van der Waals surface area contributed by atoms with Gasteiger partial charge in [0.1, 0.15) is 0 Å². The van der Waals surface area contributed by atoms with Crippen molar-refractivity contribution >= 4 is 11.3 Å². The minimum atomic E-state index is -4.32. The molecule has 0 bridgehead atoms. The molecule has 0 unspecified atom stereocenters. The van der Waals surface area contributed by atoms with Crippen LogP contribution in [0, 0.1) is 0 Å². The van der Waals surface area contributed by atoms with Crippen molar-refractivity contribution in [3.63, 3.8) is 0 Å². The normalized spacial score (nSPS) is 11.3. The standard InChI is InChI=1S/C21H16F3N/c1-14(16-8-12-20(25)13-9-16)15-2-4-17(5-3-15)18-6-10-19(11-7-18)21(22,23)24/h2-13H,1,25H2. The Bertz CT molecular complexity index is 874. The zero-order chi connectivity index (χ0) is 18.0. The molecule has 0 heterocycles. The maximum Gasteiger partial charge on any atom is 0.416 e. The summed E-state index contributed by atoms with van der Waals surface area (Å²) in [5.41, 5.74) is 10.1. The lowest BCUT2D eigenvalue weighted by atomic mass is 9.96. The summed E-state index contributed by atoms with van der Waals surface area (Å²) in [6, 6.07) is 20.2. The monoisotopic (exact) mass is 339 g/mol. The van der Waals surface area contributed by atoms with Crippen LogP contribution in [0.5, 0.6) is 0 Å². The minimum Gasteiger partial charge on any atom is -0.399 e. The molecule has 0 aliphatic rings. The highest BCUT2D eigenvalue weighted by Gasteiger charge is 2.29. The molecule has 0 atom stereocenters. The summed E-state index contributed by atoms with van der Waals surface area (Å²) in [4.78, 5) is 0. The Morgan fingerprint density at radius 1 is 0.680 bits per heavy atom. The van der Waals surface area contributed by atoms with Crippen molar-refractivity contribution in [2.75, 3.05) is 5.73 Å². The van der Waals surface area contributed by atoms with E-state index in [1.165, 1.54) is 12.1 Å². The van der Waals surface area contributed by atoms with E-state index < -0.39 is 11.7 Å². The van der Waals surface area contributed by atoms with Gasteiger partial charge in [0.25, 0.3) is 0 Å². The SMILES string of the molecule is C=C(c1ccc(N)cc1)c1ccc(-c2ccc(C(F)(F)F)cc2)cc1. The van der Waals surface area contributed by atoms with Crippen molar-refractivity contribution in [1.82, 2.24) is 0 Å². The van der Waals surface area contributed by atoms with E-state index in [9.17, 15) is 13.2 Å². The molecule has 1 nitrogen and oxygen atoms in total. The van der Waals surface area contributed by atoms with Gasteiger partial charge in [0, 0.05) is 5.69 Å². The Morgan fingerprint density at radius 3 is 1.52 bits per heavy atom. The van der Waals surface area contributed by atoms with Gasteiger partial charge in [-0.15, -0.1) is 0 Å². The summed E-state index contributed by atoms with van der Waals surface area (Å²) in [5.74, 6) is 0.